The molecular weight excluding hydrogens is 278 g/mol. The fourth-order valence-electron chi connectivity index (χ4n) is 1.90. The lowest BCUT2D eigenvalue weighted by Crippen LogP contribution is -2.26. The third kappa shape index (κ3) is 4.37. The Kier molecular flexibility index (Phi) is 5.59. The SMILES string of the molecule is C=CCNC(=O)c1cc(N(C)CCc2ccncc2)ncn1. The van der Waals surface area contributed by atoms with Gasteiger partial charge in [-0.25, -0.2) is 9.97 Å². The van der Waals surface area contributed by atoms with Crippen LogP contribution in [0.4, 0.5) is 5.82 Å². The fraction of sp³-hybridized carbons (Fsp3) is 0.250. The van der Waals surface area contributed by atoms with Gasteiger partial charge in [-0.1, -0.05) is 6.08 Å². The van der Waals surface area contributed by atoms with E-state index >= 15 is 0 Å². The minimum Gasteiger partial charge on any atom is -0.359 e. The summed E-state index contributed by atoms with van der Waals surface area (Å²) in [7, 11) is 1.94. The molecule has 0 aromatic carbocycles. The van der Waals surface area contributed by atoms with E-state index in [0.717, 1.165) is 13.0 Å². The molecule has 6 nitrogen and oxygen atoms in total. The topological polar surface area (TPSA) is 71.0 Å². The van der Waals surface area contributed by atoms with Gasteiger partial charge in [-0.15, -0.1) is 6.58 Å². The first-order valence-electron chi connectivity index (χ1n) is 7.02. The molecular formula is C16H19N5O. The van der Waals surface area contributed by atoms with E-state index in [1.54, 1.807) is 24.5 Å². The maximum atomic E-state index is 11.9. The van der Waals surface area contributed by atoms with Crippen LogP contribution in [0.2, 0.25) is 0 Å². The molecule has 2 rings (SSSR count). The fourth-order valence-corrected chi connectivity index (χ4v) is 1.90. The molecule has 0 bridgehead atoms. The minimum absolute atomic E-state index is 0.230. The molecule has 22 heavy (non-hydrogen) atoms. The van der Waals surface area contributed by atoms with Crippen molar-refractivity contribution in [3.8, 4) is 0 Å². The number of pyridine rings is 1. The predicted octanol–water partition coefficient (Wildman–Crippen LogP) is 1.47. The molecule has 0 saturated carbocycles. The van der Waals surface area contributed by atoms with Crippen molar-refractivity contribution in [2.75, 3.05) is 25.0 Å². The maximum absolute atomic E-state index is 11.9. The van der Waals surface area contributed by atoms with Crippen molar-refractivity contribution < 1.29 is 4.79 Å². The van der Waals surface area contributed by atoms with Crippen molar-refractivity contribution in [2.24, 2.45) is 0 Å². The molecule has 1 amide bonds. The number of carbonyl (C=O) groups excluding carboxylic acids is 1. The molecule has 6 heteroatoms. The minimum atomic E-state index is -0.230. The number of nitrogens with zero attached hydrogens (tertiary/aromatic N) is 4. The van der Waals surface area contributed by atoms with Crippen LogP contribution < -0.4 is 10.2 Å². The molecule has 0 atom stereocenters. The number of hydrogen-bond donors (Lipinski definition) is 1. The summed E-state index contributed by atoms with van der Waals surface area (Å²) < 4.78 is 0. The Morgan fingerprint density at radius 1 is 1.36 bits per heavy atom. The summed E-state index contributed by atoms with van der Waals surface area (Å²) in [5.74, 6) is 0.485. The number of likely N-dealkylation sites (N-methyl/N-ethyl adjacent to an activating group) is 1. The van der Waals surface area contributed by atoms with E-state index in [2.05, 4.69) is 26.8 Å². The third-order valence-electron chi connectivity index (χ3n) is 3.17. The lowest BCUT2D eigenvalue weighted by atomic mass is 10.2. The van der Waals surface area contributed by atoms with Crippen molar-refractivity contribution in [2.45, 2.75) is 6.42 Å². The van der Waals surface area contributed by atoms with Crippen molar-refractivity contribution in [1.29, 1.82) is 0 Å². The highest BCUT2D eigenvalue weighted by Crippen LogP contribution is 2.10. The third-order valence-corrected chi connectivity index (χ3v) is 3.17. The lowest BCUT2D eigenvalue weighted by Gasteiger charge is -2.18. The molecule has 2 aromatic heterocycles. The van der Waals surface area contributed by atoms with Gasteiger partial charge in [0.1, 0.15) is 17.8 Å². The summed E-state index contributed by atoms with van der Waals surface area (Å²) in [6.45, 7) is 4.76. The number of carbonyl (C=O) groups is 1. The monoisotopic (exact) mass is 297 g/mol. The van der Waals surface area contributed by atoms with Gasteiger partial charge < -0.3 is 10.2 Å². The molecule has 2 heterocycles. The first-order valence-corrected chi connectivity index (χ1v) is 7.02. The highest BCUT2D eigenvalue weighted by molar-refractivity contribution is 5.92. The van der Waals surface area contributed by atoms with Gasteiger partial charge in [0, 0.05) is 38.6 Å². The number of nitrogens with one attached hydrogen (secondary N) is 1. The van der Waals surface area contributed by atoms with E-state index in [-0.39, 0.29) is 5.91 Å². The standard InChI is InChI=1S/C16H19N5O/c1-3-7-18-16(22)14-11-15(20-12-19-14)21(2)10-6-13-4-8-17-9-5-13/h3-5,8-9,11-12H,1,6-7,10H2,2H3,(H,18,22). The van der Waals surface area contributed by atoms with Crippen molar-refractivity contribution >= 4 is 11.7 Å². The summed E-state index contributed by atoms with van der Waals surface area (Å²) in [4.78, 5) is 26.1. The van der Waals surface area contributed by atoms with Crippen LogP contribution in [0.1, 0.15) is 16.1 Å². The van der Waals surface area contributed by atoms with Gasteiger partial charge in [0.05, 0.1) is 0 Å². The van der Waals surface area contributed by atoms with Crippen LogP contribution >= 0.6 is 0 Å². The van der Waals surface area contributed by atoms with Gasteiger partial charge in [0.15, 0.2) is 0 Å². The Labute approximate surface area is 129 Å². The van der Waals surface area contributed by atoms with Crippen molar-refractivity contribution in [1.82, 2.24) is 20.3 Å². The van der Waals surface area contributed by atoms with Gasteiger partial charge in [-0.2, -0.15) is 0 Å². The van der Waals surface area contributed by atoms with Crippen molar-refractivity contribution in [3.63, 3.8) is 0 Å². The molecule has 114 valence electrons. The summed E-state index contributed by atoms with van der Waals surface area (Å²) in [5.41, 5.74) is 1.56. The first kappa shape index (κ1) is 15.6. The van der Waals surface area contributed by atoms with Crippen molar-refractivity contribution in [3.05, 3.63) is 60.8 Å². The average Bonchev–Trinajstić information content (AvgIpc) is 2.58. The summed E-state index contributed by atoms with van der Waals surface area (Å²) in [5, 5.41) is 2.70. The van der Waals surface area contributed by atoms with Crippen LogP contribution in [-0.4, -0.2) is 41.0 Å². The second-order valence-corrected chi connectivity index (χ2v) is 4.79. The molecule has 0 fully saturated rings. The first-order chi connectivity index (χ1) is 10.7. The molecule has 0 aliphatic carbocycles. The number of amides is 1. The Hall–Kier alpha value is -2.76. The highest BCUT2D eigenvalue weighted by Gasteiger charge is 2.10. The summed E-state index contributed by atoms with van der Waals surface area (Å²) in [6.07, 6.45) is 7.47. The normalized spacial score (nSPS) is 10.0. The van der Waals surface area contributed by atoms with E-state index in [9.17, 15) is 4.79 Å². The van der Waals surface area contributed by atoms with Gasteiger partial charge >= 0.3 is 0 Å². The molecule has 0 radical (unpaired) electrons. The van der Waals surface area contributed by atoms with Crippen LogP contribution in [0.25, 0.3) is 0 Å². The maximum Gasteiger partial charge on any atom is 0.270 e. The van der Waals surface area contributed by atoms with E-state index in [0.29, 0.717) is 18.1 Å². The Morgan fingerprint density at radius 2 is 2.14 bits per heavy atom. The Morgan fingerprint density at radius 3 is 2.86 bits per heavy atom. The second-order valence-electron chi connectivity index (χ2n) is 4.79. The van der Waals surface area contributed by atoms with Crippen LogP contribution in [0.15, 0.2) is 49.6 Å². The van der Waals surface area contributed by atoms with Gasteiger partial charge in [-0.05, 0) is 24.1 Å². The average molecular weight is 297 g/mol. The number of anilines is 1. The largest absolute Gasteiger partial charge is 0.359 e. The smallest absolute Gasteiger partial charge is 0.270 e. The van der Waals surface area contributed by atoms with Crippen LogP contribution in [0, 0.1) is 0 Å². The molecule has 0 saturated heterocycles. The van der Waals surface area contributed by atoms with Crippen LogP contribution in [0.3, 0.4) is 0 Å². The highest BCUT2D eigenvalue weighted by atomic mass is 16.1. The number of hydrogen-bond acceptors (Lipinski definition) is 5. The molecule has 0 unspecified atom stereocenters. The van der Waals surface area contributed by atoms with E-state index in [1.165, 1.54) is 11.9 Å². The van der Waals surface area contributed by atoms with E-state index < -0.39 is 0 Å². The molecule has 0 spiro atoms. The molecule has 1 N–H and O–H groups in total. The summed E-state index contributed by atoms with van der Waals surface area (Å²) in [6, 6.07) is 5.66. The van der Waals surface area contributed by atoms with E-state index in [4.69, 9.17) is 0 Å². The quantitative estimate of drug-likeness (QED) is 0.784. The molecule has 0 aliphatic heterocycles. The molecule has 0 aliphatic rings. The Bertz CT molecular complexity index is 629. The zero-order valence-corrected chi connectivity index (χ0v) is 12.6. The second kappa shape index (κ2) is 7.87. The van der Waals surface area contributed by atoms with Crippen LogP contribution in [-0.2, 0) is 6.42 Å². The van der Waals surface area contributed by atoms with Gasteiger partial charge in [0.25, 0.3) is 5.91 Å². The summed E-state index contributed by atoms with van der Waals surface area (Å²) >= 11 is 0. The zero-order valence-electron chi connectivity index (χ0n) is 12.6. The van der Waals surface area contributed by atoms with Crippen LogP contribution in [0.5, 0.6) is 0 Å². The number of aromatic nitrogens is 3. The number of rotatable bonds is 7. The molecule has 2 aromatic rings. The van der Waals surface area contributed by atoms with Gasteiger partial charge in [-0.3, -0.25) is 9.78 Å². The zero-order chi connectivity index (χ0) is 15.8. The van der Waals surface area contributed by atoms with Gasteiger partial charge in [0.2, 0.25) is 0 Å². The predicted molar refractivity (Wildman–Crippen MR) is 85.8 cm³/mol. The lowest BCUT2D eigenvalue weighted by molar-refractivity contribution is 0.0953. The van der Waals surface area contributed by atoms with E-state index in [1.807, 2.05) is 24.1 Å². The Balaban J connectivity index is 1.99.